The van der Waals surface area contributed by atoms with Crippen molar-refractivity contribution in [3.8, 4) is 0 Å². The monoisotopic (exact) mass is 430 g/mol. The van der Waals surface area contributed by atoms with Gasteiger partial charge in [-0.05, 0) is 55.2 Å². The second-order valence-corrected chi connectivity index (χ2v) is 7.71. The molecule has 0 unspecified atom stereocenters. The molecule has 8 heteroatoms. The molecular weight excluding hydrogens is 408 g/mol. The van der Waals surface area contributed by atoms with Crippen LogP contribution in [0.4, 0.5) is 29.1 Å². The van der Waals surface area contributed by atoms with Crippen LogP contribution in [0, 0.1) is 12.7 Å². The van der Waals surface area contributed by atoms with Crippen LogP contribution in [0.2, 0.25) is 0 Å². The molecule has 1 N–H and O–H groups in total. The van der Waals surface area contributed by atoms with E-state index in [-0.39, 0.29) is 11.9 Å². The van der Waals surface area contributed by atoms with Crippen molar-refractivity contribution in [2.45, 2.75) is 45.1 Å². The molecule has 4 nitrogen and oxygen atoms in total. The summed E-state index contributed by atoms with van der Waals surface area (Å²) in [4.78, 5) is 10.2. The summed E-state index contributed by atoms with van der Waals surface area (Å²) in [6, 6.07) is 10.6. The van der Waals surface area contributed by atoms with Crippen LogP contribution in [0.25, 0.3) is 0 Å². The topological polar surface area (TPSA) is 41.1 Å². The van der Waals surface area contributed by atoms with Crippen molar-refractivity contribution >= 4 is 11.5 Å². The number of benzene rings is 1. The second-order valence-electron chi connectivity index (χ2n) is 7.71. The van der Waals surface area contributed by atoms with Crippen LogP contribution < -0.4 is 10.2 Å². The average Bonchev–Trinajstić information content (AvgIpc) is 3.58. The number of nitrogens with one attached hydrogen (secondary N) is 1. The molecule has 2 heterocycles. The third-order valence-electron chi connectivity index (χ3n) is 5.23. The lowest BCUT2D eigenvalue weighted by Gasteiger charge is -2.26. The van der Waals surface area contributed by atoms with Crippen LogP contribution >= 0.6 is 0 Å². The van der Waals surface area contributed by atoms with Crippen molar-refractivity contribution in [2.24, 2.45) is 0 Å². The number of halogens is 4. The first-order chi connectivity index (χ1) is 14.8. The summed E-state index contributed by atoms with van der Waals surface area (Å²) in [5, 5.41) is 3.01. The fraction of sp³-hybridized carbons (Fsp3) is 0.304. The highest BCUT2D eigenvalue weighted by Crippen LogP contribution is 2.36. The Labute approximate surface area is 178 Å². The Morgan fingerprint density at radius 1 is 1.00 bits per heavy atom. The van der Waals surface area contributed by atoms with Gasteiger partial charge in [-0.25, -0.2) is 9.37 Å². The second kappa shape index (κ2) is 8.53. The van der Waals surface area contributed by atoms with Gasteiger partial charge in [-0.2, -0.15) is 13.2 Å². The maximum atomic E-state index is 15.3. The smallest absolute Gasteiger partial charge is 0.363 e. The first-order valence-electron chi connectivity index (χ1n) is 10.0. The van der Waals surface area contributed by atoms with Crippen molar-refractivity contribution in [3.63, 3.8) is 0 Å². The minimum Gasteiger partial charge on any atom is -0.363 e. The van der Waals surface area contributed by atoms with Crippen molar-refractivity contribution < 1.29 is 17.6 Å². The molecule has 1 aromatic carbocycles. The van der Waals surface area contributed by atoms with Gasteiger partial charge in [0.05, 0.1) is 11.3 Å². The number of nitrogens with zero attached hydrogens (tertiary/aromatic N) is 3. The summed E-state index contributed by atoms with van der Waals surface area (Å²) in [6.07, 6.45) is 0.724. The van der Waals surface area contributed by atoms with E-state index in [2.05, 4.69) is 15.3 Å². The molecule has 1 fully saturated rings. The minimum atomic E-state index is -4.38. The first-order valence-corrected chi connectivity index (χ1v) is 10.0. The van der Waals surface area contributed by atoms with Gasteiger partial charge in [-0.3, -0.25) is 4.98 Å². The van der Waals surface area contributed by atoms with Gasteiger partial charge in [0, 0.05) is 37.2 Å². The number of rotatable bonds is 7. The number of aromatic nitrogens is 2. The molecule has 1 aliphatic carbocycles. The van der Waals surface area contributed by atoms with Crippen LogP contribution in [0.1, 0.15) is 35.2 Å². The van der Waals surface area contributed by atoms with Crippen molar-refractivity contribution in [3.05, 3.63) is 83.1 Å². The Hall–Kier alpha value is -3.16. The summed E-state index contributed by atoms with van der Waals surface area (Å²) < 4.78 is 53.7. The zero-order valence-electron chi connectivity index (χ0n) is 17.0. The number of pyridine rings is 2. The molecule has 31 heavy (non-hydrogen) atoms. The van der Waals surface area contributed by atoms with Crippen molar-refractivity contribution in [1.82, 2.24) is 9.97 Å². The summed E-state index contributed by atoms with van der Waals surface area (Å²) in [5.41, 5.74) is 2.19. The Morgan fingerprint density at radius 2 is 1.71 bits per heavy atom. The van der Waals surface area contributed by atoms with Gasteiger partial charge < -0.3 is 10.2 Å². The minimum absolute atomic E-state index is 0.135. The third-order valence-corrected chi connectivity index (χ3v) is 5.23. The van der Waals surface area contributed by atoms with E-state index in [0.29, 0.717) is 24.3 Å². The summed E-state index contributed by atoms with van der Waals surface area (Å²) in [6.45, 7) is 2.60. The summed E-state index contributed by atoms with van der Waals surface area (Å²) >= 11 is 0. The van der Waals surface area contributed by atoms with E-state index < -0.39 is 17.6 Å². The highest BCUT2D eigenvalue weighted by Gasteiger charge is 2.33. The Balaban J connectivity index is 1.52. The highest BCUT2D eigenvalue weighted by molar-refractivity contribution is 5.57. The molecule has 162 valence electrons. The van der Waals surface area contributed by atoms with E-state index in [4.69, 9.17) is 0 Å². The van der Waals surface area contributed by atoms with Crippen molar-refractivity contribution in [1.29, 1.82) is 0 Å². The maximum Gasteiger partial charge on any atom is 0.416 e. The number of anilines is 2. The number of aryl methyl sites for hydroxylation is 1. The average molecular weight is 430 g/mol. The van der Waals surface area contributed by atoms with E-state index in [1.807, 2.05) is 24.0 Å². The SMILES string of the molecule is Cc1ccc(CNc2nccc(N(Cc3ccc(C(F)(F)F)cc3)C3CC3)c2F)cn1. The van der Waals surface area contributed by atoms with E-state index in [1.54, 1.807) is 12.3 Å². The summed E-state index contributed by atoms with van der Waals surface area (Å²) in [7, 11) is 0. The molecule has 3 aromatic rings. The third kappa shape index (κ3) is 5.13. The first kappa shape index (κ1) is 21.1. The van der Waals surface area contributed by atoms with Crippen LogP contribution in [0.15, 0.2) is 54.9 Å². The molecule has 0 atom stereocenters. The normalized spacial score (nSPS) is 13.8. The van der Waals surface area contributed by atoms with Gasteiger partial charge >= 0.3 is 6.18 Å². The summed E-state index contributed by atoms with van der Waals surface area (Å²) in [5.74, 6) is -0.336. The zero-order chi connectivity index (χ0) is 22.0. The molecule has 1 aliphatic rings. The molecule has 0 bridgehead atoms. The van der Waals surface area contributed by atoms with Gasteiger partial charge in [-0.15, -0.1) is 0 Å². The Morgan fingerprint density at radius 3 is 2.32 bits per heavy atom. The van der Waals surface area contributed by atoms with E-state index in [0.717, 1.165) is 36.2 Å². The number of hydrogen-bond donors (Lipinski definition) is 1. The van der Waals surface area contributed by atoms with Gasteiger partial charge in [0.25, 0.3) is 0 Å². The van der Waals surface area contributed by atoms with Gasteiger partial charge in [0.2, 0.25) is 0 Å². The molecule has 0 aliphatic heterocycles. The molecular formula is C23H22F4N4. The highest BCUT2D eigenvalue weighted by atomic mass is 19.4. The predicted molar refractivity (Wildman–Crippen MR) is 111 cm³/mol. The van der Waals surface area contributed by atoms with Crippen molar-refractivity contribution in [2.75, 3.05) is 10.2 Å². The standard InChI is InChI=1S/C23H22F4N4/c1-15-2-3-17(12-29-15)13-30-22-21(24)20(10-11-28-22)31(19-8-9-19)14-16-4-6-18(7-5-16)23(25,26)27/h2-7,10-12,19H,8-9,13-14H2,1H3,(H,28,30). The number of hydrogen-bond acceptors (Lipinski definition) is 4. The lowest BCUT2D eigenvalue weighted by molar-refractivity contribution is -0.137. The predicted octanol–water partition coefficient (Wildman–Crippen LogP) is 5.72. The molecule has 0 saturated heterocycles. The van der Waals surface area contributed by atoms with Crippen LogP contribution in [-0.2, 0) is 19.3 Å². The Kier molecular flexibility index (Phi) is 5.80. The van der Waals surface area contributed by atoms with E-state index >= 15 is 4.39 Å². The van der Waals surface area contributed by atoms with Gasteiger partial charge in [-0.1, -0.05) is 18.2 Å². The van der Waals surface area contributed by atoms with Crippen LogP contribution in [0.5, 0.6) is 0 Å². The zero-order valence-corrected chi connectivity index (χ0v) is 17.0. The Bertz CT molecular complexity index is 1030. The molecule has 2 aromatic heterocycles. The fourth-order valence-electron chi connectivity index (χ4n) is 3.36. The van der Waals surface area contributed by atoms with Crippen LogP contribution in [0.3, 0.4) is 0 Å². The molecule has 4 rings (SSSR count). The molecule has 0 amide bonds. The molecule has 0 spiro atoms. The lowest BCUT2D eigenvalue weighted by Crippen LogP contribution is -2.26. The van der Waals surface area contributed by atoms with Gasteiger partial charge in [0.1, 0.15) is 0 Å². The molecule has 1 saturated carbocycles. The van der Waals surface area contributed by atoms with Crippen LogP contribution in [-0.4, -0.2) is 16.0 Å². The number of alkyl halides is 3. The van der Waals surface area contributed by atoms with E-state index in [1.165, 1.54) is 18.3 Å². The van der Waals surface area contributed by atoms with Gasteiger partial charge in [0.15, 0.2) is 11.6 Å². The molecule has 0 radical (unpaired) electrons. The van der Waals surface area contributed by atoms with E-state index in [9.17, 15) is 13.2 Å². The maximum absolute atomic E-state index is 15.3. The fourth-order valence-corrected chi connectivity index (χ4v) is 3.36. The largest absolute Gasteiger partial charge is 0.416 e. The lowest BCUT2D eigenvalue weighted by atomic mass is 10.1. The quantitative estimate of drug-likeness (QED) is 0.487.